The number of amides is 3. The number of imide groups is 1. The Morgan fingerprint density at radius 2 is 1.54 bits per heavy atom. The average Bonchev–Trinajstić information content (AvgIpc) is 2.83. The lowest BCUT2D eigenvalue weighted by Crippen LogP contribution is -2.37. The number of rotatable bonds is 4. The largest absolute Gasteiger partial charge is 0.319 e. The summed E-state index contributed by atoms with van der Waals surface area (Å²) in [5, 5.41) is 13.9. The smallest absolute Gasteiger partial charge is 0.293 e. The molecule has 10 heteroatoms. The molecule has 28 heavy (non-hydrogen) atoms. The van der Waals surface area contributed by atoms with E-state index >= 15 is 0 Å². The van der Waals surface area contributed by atoms with Crippen molar-refractivity contribution in [1.29, 1.82) is 0 Å². The van der Waals surface area contributed by atoms with Gasteiger partial charge in [0.05, 0.1) is 26.1 Å². The summed E-state index contributed by atoms with van der Waals surface area (Å²) in [4.78, 5) is 48.6. The van der Waals surface area contributed by atoms with Gasteiger partial charge in [-0.25, -0.2) is 0 Å². The van der Waals surface area contributed by atoms with Crippen LogP contribution in [-0.4, -0.2) is 34.1 Å². The van der Waals surface area contributed by atoms with Crippen molar-refractivity contribution in [2.45, 2.75) is 13.8 Å². The molecule has 0 bridgehead atoms. The summed E-state index contributed by atoms with van der Waals surface area (Å²) in [5.74, 6) is -2.13. The second-order valence-electron chi connectivity index (χ2n) is 6.27. The van der Waals surface area contributed by atoms with Gasteiger partial charge in [0.25, 0.3) is 17.5 Å². The van der Waals surface area contributed by atoms with Crippen molar-refractivity contribution in [3.8, 4) is 0 Å². The highest BCUT2D eigenvalue weighted by molar-refractivity contribution is 6.43. The Kier molecular flexibility index (Phi) is 5.10. The molecule has 1 aliphatic rings. The molecule has 0 unspecified atom stereocenters. The third-order valence-electron chi connectivity index (χ3n) is 4.40. The third-order valence-corrected chi connectivity index (χ3v) is 5.12. The number of nitro benzene ring substituents is 1. The van der Waals surface area contributed by atoms with Crippen LogP contribution in [0.2, 0.25) is 10.0 Å². The molecule has 144 valence electrons. The van der Waals surface area contributed by atoms with Crippen LogP contribution in [-0.2, 0) is 4.79 Å². The van der Waals surface area contributed by atoms with E-state index in [1.165, 1.54) is 24.3 Å². The van der Waals surface area contributed by atoms with E-state index in [0.717, 1.165) is 10.5 Å². The molecule has 2 aromatic rings. The van der Waals surface area contributed by atoms with Gasteiger partial charge in [-0.2, -0.15) is 0 Å². The number of anilines is 1. The normalized spacial score (nSPS) is 12.9. The van der Waals surface area contributed by atoms with Gasteiger partial charge in [-0.3, -0.25) is 29.4 Å². The molecule has 0 fully saturated rings. The van der Waals surface area contributed by atoms with Gasteiger partial charge in [-0.1, -0.05) is 23.2 Å². The lowest BCUT2D eigenvalue weighted by atomic mass is 10.1. The van der Waals surface area contributed by atoms with E-state index < -0.39 is 29.2 Å². The van der Waals surface area contributed by atoms with Gasteiger partial charge in [0.1, 0.15) is 12.2 Å². The van der Waals surface area contributed by atoms with E-state index in [-0.39, 0.29) is 32.5 Å². The summed E-state index contributed by atoms with van der Waals surface area (Å²) >= 11 is 11.8. The first kappa shape index (κ1) is 19.8. The minimum atomic E-state index is -0.752. The molecule has 0 spiro atoms. The van der Waals surface area contributed by atoms with Crippen molar-refractivity contribution in [3.05, 3.63) is 66.7 Å². The fraction of sp³-hybridized carbons (Fsp3) is 0.167. The van der Waals surface area contributed by atoms with E-state index in [0.29, 0.717) is 5.56 Å². The zero-order valence-electron chi connectivity index (χ0n) is 14.7. The number of nitro groups is 1. The van der Waals surface area contributed by atoms with Gasteiger partial charge in [0, 0.05) is 6.07 Å². The Morgan fingerprint density at radius 3 is 2.04 bits per heavy atom. The molecule has 0 aliphatic carbocycles. The van der Waals surface area contributed by atoms with Crippen LogP contribution in [0, 0.1) is 24.0 Å². The number of fused-ring (bicyclic) bond motifs is 1. The molecule has 3 rings (SSSR count). The zero-order chi connectivity index (χ0) is 20.7. The SMILES string of the molecule is Cc1cc(NC(=O)CN2C(=O)c3cc(Cl)c(Cl)cc3C2=O)c([N+](=O)[O-])cc1C. The quantitative estimate of drug-likeness (QED) is 0.459. The van der Waals surface area contributed by atoms with Crippen LogP contribution in [0.5, 0.6) is 0 Å². The number of carbonyl (C=O) groups excluding carboxylic acids is 3. The van der Waals surface area contributed by atoms with Crippen LogP contribution < -0.4 is 5.32 Å². The molecule has 0 aromatic heterocycles. The van der Waals surface area contributed by atoms with E-state index in [4.69, 9.17) is 23.2 Å². The lowest BCUT2D eigenvalue weighted by molar-refractivity contribution is -0.384. The molecule has 2 aromatic carbocycles. The minimum Gasteiger partial charge on any atom is -0.319 e. The van der Waals surface area contributed by atoms with Crippen molar-refractivity contribution in [2.24, 2.45) is 0 Å². The molecule has 0 atom stereocenters. The van der Waals surface area contributed by atoms with Crippen LogP contribution in [0.3, 0.4) is 0 Å². The van der Waals surface area contributed by atoms with Gasteiger partial charge < -0.3 is 5.32 Å². The first-order valence-electron chi connectivity index (χ1n) is 8.01. The number of hydrogen-bond donors (Lipinski definition) is 1. The van der Waals surface area contributed by atoms with Crippen LogP contribution >= 0.6 is 23.2 Å². The summed E-state index contributed by atoms with van der Waals surface area (Å²) < 4.78 is 0. The maximum Gasteiger partial charge on any atom is 0.293 e. The molecule has 0 saturated heterocycles. The van der Waals surface area contributed by atoms with Crippen molar-refractivity contribution in [1.82, 2.24) is 4.90 Å². The summed E-state index contributed by atoms with van der Waals surface area (Å²) in [6, 6.07) is 5.35. The van der Waals surface area contributed by atoms with Gasteiger partial charge in [-0.05, 0) is 43.2 Å². The molecule has 0 saturated carbocycles. The topological polar surface area (TPSA) is 110 Å². The van der Waals surface area contributed by atoms with Crippen LogP contribution in [0.4, 0.5) is 11.4 Å². The van der Waals surface area contributed by atoms with Crippen molar-refractivity contribution in [3.63, 3.8) is 0 Å². The highest BCUT2D eigenvalue weighted by Crippen LogP contribution is 2.32. The second kappa shape index (κ2) is 7.21. The zero-order valence-corrected chi connectivity index (χ0v) is 16.2. The molecule has 3 amide bonds. The van der Waals surface area contributed by atoms with E-state index in [1.807, 2.05) is 0 Å². The molecule has 1 N–H and O–H groups in total. The first-order valence-corrected chi connectivity index (χ1v) is 8.76. The van der Waals surface area contributed by atoms with Gasteiger partial charge in [0.2, 0.25) is 5.91 Å². The highest BCUT2D eigenvalue weighted by Gasteiger charge is 2.37. The van der Waals surface area contributed by atoms with Crippen LogP contribution in [0.15, 0.2) is 24.3 Å². The number of nitrogens with one attached hydrogen (secondary N) is 1. The minimum absolute atomic E-state index is 0.0132. The van der Waals surface area contributed by atoms with Gasteiger partial charge in [-0.15, -0.1) is 0 Å². The Balaban J connectivity index is 1.83. The predicted molar refractivity (Wildman–Crippen MR) is 103 cm³/mol. The van der Waals surface area contributed by atoms with Crippen molar-refractivity contribution >= 4 is 52.3 Å². The molecule has 8 nitrogen and oxygen atoms in total. The molecule has 0 radical (unpaired) electrons. The monoisotopic (exact) mass is 421 g/mol. The number of carbonyl (C=O) groups is 3. The fourth-order valence-corrected chi connectivity index (χ4v) is 3.14. The molecular formula is C18H13Cl2N3O5. The van der Waals surface area contributed by atoms with E-state index in [9.17, 15) is 24.5 Å². The summed E-state index contributed by atoms with van der Waals surface area (Å²) in [5.41, 5.74) is 1.23. The molecular weight excluding hydrogens is 409 g/mol. The Hall–Kier alpha value is -2.97. The number of halogens is 2. The predicted octanol–water partition coefficient (Wildman–Crippen LogP) is 3.75. The average molecular weight is 422 g/mol. The van der Waals surface area contributed by atoms with Gasteiger partial charge in [0.15, 0.2) is 0 Å². The summed E-state index contributed by atoms with van der Waals surface area (Å²) in [7, 11) is 0. The third kappa shape index (κ3) is 3.44. The second-order valence-corrected chi connectivity index (χ2v) is 7.08. The van der Waals surface area contributed by atoms with E-state index in [2.05, 4.69) is 5.32 Å². The Labute approximate surface area is 169 Å². The number of nitrogens with zero attached hydrogens (tertiary/aromatic N) is 2. The Morgan fingerprint density at radius 1 is 1.04 bits per heavy atom. The van der Waals surface area contributed by atoms with E-state index in [1.54, 1.807) is 13.8 Å². The Bertz CT molecular complexity index is 1030. The lowest BCUT2D eigenvalue weighted by Gasteiger charge is -2.14. The molecule has 1 aliphatic heterocycles. The highest BCUT2D eigenvalue weighted by atomic mass is 35.5. The number of benzene rings is 2. The van der Waals surface area contributed by atoms with Crippen LogP contribution in [0.25, 0.3) is 0 Å². The van der Waals surface area contributed by atoms with Crippen molar-refractivity contribution in [2.75, 3.05) is 11.9 Å². The van der Waals surface area contributed by atoms with Crippen LogP contribution in [0.1, 0.15) is 31.8 Å². The van der Waals surface area contributed by atoms with Crippen molar-refractivity contribution < 1.29 is 19.3 Å². The number of aryl methyl sites for hydroxylation is 2. The summed E-state index contributed by atoms with van der Waals surface area (Å²) in [6.07, 6.45) is 0. The van der Waals surface area contributed by atoms with Gasteiger partial charge >= 0.3 is 0 Å². The maximum absolute atomic E-state index is 12.4. The molecule has 1 heterocycles. The maximum atomic E-state index is 12.4. The fourth-order valence-electron chi connectivity index (χ4n) is 2.81. The number of hydrogen-bond acceptors (Lipinski definition) is 5. The standard InChI is InChI=1S/C18H13Cl2N3O5/c1-8-3-14(15(23(27)28)4-9(8)2)21-16(24)7-22-17(25)10-5-12(19)13(20)6-11(10)18(22)26/h3-6H,7H2,1-2H3,(H,21,24). The first-order chi connectivity index (χ1) is 13.1. The summed E-state index contributed by atoms with van der Waals surface area (Å²) in [6.45, 7) is 2.85.